The summed E-state index contributed by atoms with van der Waals surface area (Å²) in [5.41, 5.74) is 0.919. The van der Waals surface area contributed by atoms with Crippen LogP contribution in [-0.2, 0) is 0 Å². The average molecular weight is 233 g/mol. The van der Waals surface area contributed by atoms with Gasteiger partial charge in [-0.3, -0.25) is 19.8 Å². The van der Waals surface area contributed by atoms with Gasteiger partial charge in [-0.25, -0.2) is 4.79 Å². The zero-order valence-corrected chi connectivity index (χ0v) is 9.37. The summed E-state index contributed by atoms with van der Waals surface area (Å²) >= 11 is 0. The molecule has 0 spiro atoms. The summed E-state index contributed by atoms with van der Waals surface area (Å²) in [4.78, 5) is 30.7. The third-order valence-electron chi connectivity index (χ3n) is 2.37. The van der Waals surface area contributed by atoms with Crippen LogP contribution in [0.4, 0.5) is 0 Å². The van der Waals surface area contributed by atoms with Gasteiger partial charge in [-0.15, -0.1) is 0 Å². The Morgan fingerprint density at radius 1 is 1.29 bits per heavy atom. The van der Waals surface area contributed by atoms with Crippen LogP contribution in [0.15, 0.2) is 31.9 Å². The van der Waals surface area contributed by atoms with Crippen molar-refractivity contribution in [2.45, 2.75) is 13.8 Å². The Bertz CT molecular complexity index is 674. The lowest BCUT2D eigenvalue weighted by molar-refractivity contribution is 0.447. The zero-order valence-electron chi connectivity index (χ0n) is 9.37. The number of hydrogen-bond donors (Lipinski definition) is 3. The number of hydrogen-bond acceptors (Lipinski definition) is 4. The van der Waals surface area contributed by atoms with Crippen molar-refractivity contribution in [3.05, 3.63) is 43.7 Å². The Morgan fingerprint density at radius 3 is 2.53 bits per heavy atom. The van der Waals surface area contributed by atoms with E-state index < -0.39 is 17.1 Å². The molecule has 0 aliphatic carbocycles. The van der Waals surface area contributed by atoms with E-state index in [9.17, 15) is 14.7 Å². The molecule has 0 amide bonds. The predicted molar refractivity (Wildman–Crippen MR) is 64.2 cm³/mol. The van der Waals surface area contributed by atoms with Gasteiger partial charge in [-0.2, -0.15) is 0 Å². The molecule has 0 saturated heterocycles. The fourth-order valence-electron chi connectivity index (χ4n) is 1.60. The molecule has 1 aliphatic rings. The number of aromatic amines is 2. The van der Waals surface area contributed by atoms with E-state index in [4.69, 9.17) is 0 Å². The number of rotatable bonds is 1. The Hall–Kier alpha value is -2.37. The summed E-state index contributed by atoms with van der Waals surface area (Å²) in [5, 5.41) is 9.50. The van der Waals surface area contributed by atoms with E-state index in [0.29, 0.717) is 5.70 Å². The summed E-state index contributed by atoms with van der Waals surface area (Å²) < 4.78 is 0. The van der Waals surface area contributed by atoms with Crippen LogP contribution in [0.25, 0.3) is 6.08 Å². The van der Waals surface area contributed by atoms with Gasteiger partial charge in [0.25, 0.3) is 5.56 Å². The van der Waals surface area contributed by atoms with Gasteiger partial charge in [0, 0.05) is 5.71 Å². The van der Waals surface area contributed by atoms with E-state index in [1.807, 2.05) is 24.9 Å². The molecule has 0 aromatic carbocycles. The van der Waals surface area contributed by atoms with E-state index in [1.165, 1.54) is 6.08 Å². The van der Waals surface area contributed by atoms with Gasteiger partial charge < -0.3 is 5.11 Å². The molecule has 3 N–H and O–H groups in total. The Morgan fingerprint density at radius 2 is 2.00 bits per heavy atom. The SMILES string of the molecule is CC1=CC(C)=N/C1=C/c1c(O)[nH]c(=O)[nH]c1=O. The van der Waals surface area contributed by atoms with Crippen molar-refractivity contribution in [2.24, 2.45) is 4.99 Å². The van der Waals surface area contributed by atoms with Crippen LogP contribution >= 0.6 is 0 Å². The van der Waals surface area contributed by atoms with Crippen molar-refractivity contribution in [2.75, 3.05) is 0 Å². The minimum absolute atomic E-state index is 0.00852. The average Bonchev–Trinajstić information content (AvgIpc) is 2.51. The first-order valence-electron chi connectivity index (χ1n) is 4.98. The third kappa shape index (κ3) is 2.10. The topological polar surface area (TPSA) is 98.3 Å². The first-order chi connectivity index (χ1) is 7.97. The number of aromatic hydroxyl groups is 1. The van der Waals surface area contributed by atoms with Crippen LogP contribution in [0.3, 0.4) is 0 Å². The fraction of sp³-hybridized carbons (Fsp3) is 0.182. The van der Waals surface area contributed by atoms with Crippen molar-refractivity contribution in [3.8, 4) is 5.88 Å². The molecular weight excluding hydrogens is 222 g/mol. The minimum Gasteiger partial charge on any atom is -0.494 e. The van der Waals surface area contributed by atoms with Gasteiger partial charge in [-0.1, -0.05) is 0 Å². The molecule has 17 heavy (non-hydrogen) atoms. The van der Waals surface area contributed by atoms with Crippen molar-refractivity contribution < 1.29 is 5.11 Å². The van der Waals surface area contributed by atoms with Crippen molar-refractivity contribution in [3.63, 3.8) is 0 Å². The Balaban J connectivity index is 2.59. The normalized spacial score (nSPS) is 17.2. The molecule has 2 heterocycles. The lowest BCUT2D eigenvalue weighted by Gasteiger charge is -1.99. The molecule has 0 atom stereocenters. The van der Waals surface area contributed by atoms with Crippen LogP contribution in [0, 0.1) is 0 Å². The number of allylic oxidation sites excluding steroid dienone is 2. The van der Waals surface area contributed by atoms with Gasteiger partial charge in [0.05, 0.1) is 5.70 Å². The first kappa shape index (κ1) is 11.1. The molecular formula is C11H11N3O3. The van der Waals surface area contributed by atoms with Crippen molar-refractivity contribution in [1.82, 2.24) is 9.97 Å². The van der Waals surface area contributed by atoms with Gasteiger partial charge in [0.15, 0.2) is 0 Å². The maximum Gasteiger partial charge on any atom is 0.328 e. The van der Waals surface area contributed by atoms with Crippen LogP contribution in [0.1, 0.15) is 19.4 Å². The van der Waals surface area contributed by atoms with Gasteiger partial charge in [0.1, 0.15) is 5.56 Å². The minimum atomic E-state index is -0.743. The molecule has 1 aromatic heterocycles. The third-order valence-corrected chi connectivity index (χ3v) is 2.37. The van der Waals surface area contributed by atoms with E-state index in [2.05, 4.69) is 9.98 Å². The quantitative estimate of drug-likeness (QED) is 0.659. The molecule has 2 rings (SSSR count). The molecule has 1 aromatic rings. The lowest BCUT2D eigenvalue weighted by atomic mass is 10.2. The molecule has 0 saturated carbocycles. The predicted octanol–water partition coefficient (Wildman–Crippen LogP) is 0.530. The van der Waals surface area contributed by atoms with Gasteiger partial charge in [-0.05, 0) is 31.6 Å². The summed E-state index contributed by atoms with van der Waals surface area (Å²) in [5.74, 6) is -0.459. The van der Waals surface area contributed by atoms with Gasteiger partial charge >= 0.3 is 5.69 Å². The van der Waals surface area contributed by atoms with E-state index in [1.54, 1.807) is 0 Å². The van der Waals surface area contributed by atoms with Crippen LogP contribution in [-0.4, -0.2) is 20.8 Å². The van der Waals surface area contributed by atoms with E-state index in [-0.39, 0.29) is 5.56 Å². The molecule has 88 valence electrons. The van der Waals surface area contributed by atoms with Crippen molar-refractivity contribution >= 4 is 11.8 Å². The summed E-state index contributed by atoms with van der Waals surface area (Å²) in [7, 11) is 0. The molecule has 0 fully saturated rings. The highest BCUT2D eigenvalue weighted by Gasteiger charge is 2.11. The summed E-state index contributed by atoms with van der Waals surface area (Å²) in [6.45, 7) is 3.68. The molecule has 0 unspecified atom stereocenters. The van der Waals surface area contributed by atoms with E-state index >= 15 is 0 Å². The number of aliphatic imine (C=N–C) groups is 1. The molecule has 1 aliphatic heterocycles. The van der Waals surface area contributed by atoms with Crippen LogP contribution < -0.4 is 11.2 Å². The smallest absolute Gasteiger partial charge is 0.328 e. The van der Waals surface area contributed by atoms with Crippen LogP contribution in [0.2, 0.25) is 0 Å². The maximum absolute atomic E-state index is 11.5. The zero-order chi connectivity index (χ0) is 12.6. The second-order valence-corrected chi connectivity index (χ2v) is 3.78. The number of H-pyrrole nitrogens is 2. The highest BCUT2D eigenvalue weighted by Crippen LogP contribution is 2.21. The highest BCUT2D eigenvalue weighted by atomic mass is 16.3. The van der Waals surface area contributed by atoms with E-state index in [0.717, 1.165) is 11.3 Å². The number of nitrogens with zero attached hydrogens (tertiary/aromatic N) is 1. The maximum atomic E-state index is 11.5. The first-order valence-corrected chi connectivity index (χ1v) is 4.98. The standard InChI is InChI=1S/C11H11N3O3/c1-5-3-6(2)12-8(5)4-7-9(15)13-11(17)14-10(7)16/h3-4H,1-2H3,(H3,13,14,15,16,17)/b8-4+. The number of aromatic nitrogens is 2. The highest BCUT2D eigenvalue weighted by molar-refractivity contribution is 5.98. The molecule has 0 radical (unpaired) electrons. The second-order valence-electron chi connectivity index (χ2n) is 3.78. The van der Waals surface area contributed by atoms with Crippen LogP contribution in [0.5, 0.6) is 5.88 Å². The molecule has 0 bridgehead atoms. The fourth-order valence-corrected chi connectivity index (χ4v) is 1.60. The van der Waals surface area contributed by atoms with Crippen molar-refractivity contribution in [1.29, 1.82) is 0 Å². The molecule has 6 nitrogen and oxygen atoms in total. The summed E-state index contributed by atoms with van der Waals surface area (Å²) in [6.07, 6.45) is 3.30. The lowest BCUT2D eigenvalue weighted by Crippen LogP contribution is -2.23. The van der Waals surface area contributed by atoms with Gasteiger partial charge in [0.2, 0.25) is 5.88 Å². The monoisotopic (exact) mass is 233 g/mol. The summed E-state index contributed by atoms with van der Waals surface area (Å²) in [6, 6.07) is 0. The Kier molecular flexibility index (Phi) is 2.55. The second kappa shape index (κ2) is 3.89. The molecule has 6 heteroatoms. The number of nitrogens with one attached hydrogen (secondary N) is 2. The largest absolute Gasteiger partial charge is 0.494 e. The Labute approximate surface area is 96.1 Å².